The number of aliphatic hydroxyl groups excluding tert-OH is 1. The number of thioether (sulfide) groups is 1. The van der Waals surface area contributed by atoms with Gasteiger partial charge in [0.25, 0.3) is 5.91 Å². The average molecular weight is 560 g/mol. The lowest BCUT2D eigenvalue weighted by Gasteiger charge is -2.34. The average Bonchev–Trinajstić information content (AvgIpc) is 2.84. The fourth-order valence-electron chi connectivity index (χ4n) is 4.17. The summed E-state index contributed by atoms with van der Waals surface area (Å²) in [6, 6.07) is 8.25. The first-order valence-corrected chi connectivity index (χ1v) is 14.3. The van der Waals surface area contributed by atoms with Crippen LogP contribution in [0.1, 0.15) is 55.5 Å². The van der Waals surface area contributed by atoms with Gasteiger partial charge in [0.15, 0.2) is 0 Å². The maximum atomic E-state index is 14.0. The lowest BCUT2D eigenvalue weighted by molar-refractivity contribution is -0.141. The number of phenolic OH excluding ortho intramolecular Hbond substituents is 1. The van der Waals surface area contributed by atoms with Gasteiger partial charge >= 0.3 is 6.09 Å². The van der Waals surface area contributed by atoms with Crippen molar-refractivity contribution in [2.24, 2.45) is 0 Å². The molecule has 0 saturated carbocycles. The number of carbonyl (C=O) groups excluding carboxylic acids is 3. The molecule has 2 atom stereocenters. The molecule has 0 aliphatic carbocycles. The summed E-state index contributed by atoms with van der Waals surface area (Å²) in [6.45, 7) is 9.94. The topological polar surface area (TPSA) is 128 Å². The zero-order chi connectivity index (χ0) is 29.3. The van der Waals surface area contributed by atoms with Crippen LogP contribution in [0, 0.1) is 20.8 Å². The van der Waals surface area contributed by atoms with Crippen molar-refractivity contribution in [3.8, 4) is 5.75 Å². The lowest BCUT2D eigenvalue weighted by atomic mass is 9.98. The monoisotopic (exact) mass is 559 g/mol. The Bertz CT molecular complexity index is 1140. The van der Waals surface area contributed by atoms with E-state index in [1.807, 2.05) is 38.3 Å². The second-order valence-corrected chi connectivity index (χ2v) is 11.4. The first kappa shape index (κ1) is 32.0. The smallest absolute Gasteiger partial charge is 0.408 e. The van der Waals surface area contributed by atoms with Gasteiger partial charge in [-0.25, -0.2) is 4.79 Å². The van der Waals surface area contributed by atoms with E-state index in [0.717, 1.165) is 11.1 Å². The molecule has 0 aliphatic rings. The standard InChI is InChI=1S/C29H41N3O6S/c1-18-10-8-11-19(2)23(18)31-26(35)24(21-13-9-12-20(3)25(21)34)32(15-16-33)27(36)22(14-17-39-7)30-28(37)38-29(4,5)6/h8-13,22,24,33-34H,14-17H2,1-7H3,(H,30,37)(H,31,35). The number of nitrogens with zero attached hydrogens (tertiary/aromatic N) is 1. The van der Waals surface area contributed by atoms with Crippen LogP contribution in [-0.4, -0.2) is 69.8 Å². The van der Waals surface area contributed by atoms with Gasteiger partial charge in [-0.3, -0.25) is 9.59 Å². The molecule has 0 aliphatic heterocycles. The Kier molecular flexibility index (Phi) is 11.7. The first-order valence-electron chi connectivity index (χ1n) is 12.9. The largest absolute Gasteiger partial charge is 0.507 e. The first-order chi connectivity index (χ1) is 18.3. The number of aromatic hydroxyl groups is 1. The second-order valence-electron chi connectivity index (χ2n) is 10.4. The number of benzene rings is 2. The van der Waals surface area contributed by atoms with E-state index in [9.17, 15) is 24.6 Å². The Labute approximate surface area is 235 Å². The molecule has 214 valence electrons. The van der Waals surface area contributed by atoms with Gasteiger partial charge < -0.3 is 30.5 Å². The molecule has 3 amide bonds. The predicted octanol–water partition coefficient (Wildman–Crippen LogP) is 4.46. The molecule has 0 bridgehead atoms. The third-order valence-corrected chi connectivity index (χ3v) is 6.72. The molecule has 39 heavy (non-hydrogen) atoms. The van der Waals surface area contributed by atoms with E-state index in [1.54, 1.807) is 45.9 Å². The Morgan fingerprint density at radius 2 is 1.62 bits per heavy atom. The maximum Gasteiger partial charge on any atom is 0.408 e. The predicted molar refractivity (Wildman–Crippen MR) is 155 cm³/mol. The fraction of sp³-hybridized carbons (Fsp3) is 0.483. The normalized spacial score (nSPS) is 12.8. The quantitative estimate of drug-likeness (QED) is 0.320. The van der Waals surface area contributed by atoms with Gasteiger partial charge in [-0.1, -0.05) is 36.4 Å². The number of aliphatic hydroxyl groups is 1. The van der Waals surface area contributed by atoms with Gasteiger partial charge in [-0.05, 0) is 76.7 Å². The van der Waals surface area contributed by atoms with Crippen molar-refractivity contribution in [3.05, 3.63) is 58.7 Å². The van der Waals surface area contributed by atoms with E-state index >= 15 is 0 Å². The van der Waals surface area contributed by atoms with Crippen molar-refractivity contribution in [1.82, 2.24) is 10.2 Å². The van der Waals surface area contributed by atoms with Crippen molar-refractivity contribution in [2.75, 3.05) is 30.5 Å². The minimum absolute atomic E-state index is 0.129. The van der Waals surface area contributed by atoms with Crippen LogP contribution in [0.3, 0.4) is 0 Å². The van der Waals surface area contributed by atoms with E-state index in [1.165, 1.54) is 16.7 Å². The summed E-state index contributed by atoms with van der Waals surface area (Å²) in [6.07, 6.45) is 1.39. The Morgan fingerprint density at radius 3 is 2.18 bits per heavy atom. The van der Waals surface area contributed by atoms with Crippen LogP contribution in [-0.2, 0) is 14.3 Å². The van der Waals surface area contributed by atoms with Crippen LogP contribution in [0.5, 0.6) is 5.75 Å². The summed E-state index contributed by atoms with van der Waals surface area (Å²) in [7, 11) is 0. The van der Waals surface area contributed by atoms with Gasteiger partial charge in [-0.15, -0.1) is 0 Å². The number of amides is 3. The molecular formula is C29H41N3O6S. The number of carbonyl (C=O) groups is 3. The second kappa shape index (κ2) is 14.2. The zero-order valence-electron chi connectivity index (χ0n) is 23.8. The minimum atomic E-state index is -1.29. The summed E-state index contributed by atoms with van der Waals surface area (Å²) in [4.78, 5) is 41.8. The number of nitrogens with one attached hydrogen (secondary N) is 2. The van der Waals surface area contributed by atoms with Crippen LogP contribution in [0.2, 0.25) is 0 Å². The van der Waals surface area contributed by atoms with Crippen LogP contribution >= 0.6 is 11.8 Å². The Balaban J connectivity index is 2.58. The third kappa shape index (κ3) is 8.90. The number of alkyl carbamates (subject to hydrolysis) is 1. The Morgan fingerprint density at radius 1 is 1.03 bits per heavy atom. The molecular weight excluding hydrogens is 518 g/mol. The molecule has 0 fully saturated rings. The number of phenols is 1. The lowest BCUT2D eigenvalue weighted by Crippen LogP contribution is -2.53. The highest BCUT2D eigenvalue weighted by Crippen LogP contribution is 2.34. The van der Waals surface area contributed by atoms with Crippen LogP contribution in [0.4, 0.5) is 10.5 Å². The molecule has 9 nitrogen and oxygen atoms in total. The molecule has 4 N–H and O–H groups in total. The van der Waals surface area contributed by atoms with Crippen LogP contribution in [0.25, 0.3) is 0 Å². The van der Waals surface area contributed by atoms with Crippen molar-refractivity contribution in [1.29, 1.82) is 0 Å². The molecule has 0 spiro atoms. The highest BCUT2D eigenvalue weighted by atomic mass is 32.2. The molecule has 0 radical (unpaired) electrons. The molecule has 2 aromatic rings. The minimum Gasteiger partial charge on any atom is -0.507 e. The van der Waals surface area contributed by atoms with E-state index in [4.69, 9.17) is 4.74 Å². The fourth-order valence-corrected chi connectivity index (χ4v) is 4.64. The van der Waals surface area contributed by atoms with Crippen molar-refractivity contribution >= 4 is 35.4 Å². The number of anilines is 1. The SMILES string of the molecule is CSCCC(NC(=O)OC(C)(C)C)C(=O)N(CCO)C(C(=O)Nc1c(C)cccc1C)c1cccc(C)c1O. The number of hydrogen-bond donors (Lipinski definition) is 4. The number of ether oxygens (including phenoxy) is 1. The molecule has 2 aromatic carbocycles. The van der Waals surface area contributed by atoms with E-state index < -0.39 is 42.2 Å². The van der Waals surface area contributed by atoms with Gasteiger partial charge in [0.1, 0.15) is 23.4 Å². The summed E-state index contributed by atoms with van der Waals surface area (Å²) >= 11 is 1.50. The van der Waals surface area contributed by atoms with E-state index in [-0.39, 0.29) is 24.3 Å². The van der Waals surface area contributed by atoms with Crippen molar-refractivity contribution < 1.29 is 29.3 Å². The number of hydrogen-bond acceptors (Lipinski definition) is 7. The van der Waals surface area contributed by atoms with Crippen LogP contribution < -0.4 is 10.6 Å². The molecule has 0 saturated heterocycles. The van der Waals surface area contributed by atoms with Crippen molar-refractivity contribution in [2.45, 2.75) is 65.6 Å². The highest BCUT2D eigenvalue weighted by molar-refractivity contribution is 7.98. The molecule has 0 heterocycles. The molecule has 2 rings (SSSR count). The van der Waals surface area contributed by atoms with Gasteiger partial charge in [-0.2, -0.15) is 11.8 Å². The number of rotatable bonds is 11. The van der Waals surface area contributed by atoms with Gasteiger partial charge in [0.2, 0.25) is 5.91 Å². The summed E-state index contributed by atoms with van der Waals surface area (Å²) < 4.78 is 5.37. The van der Waals surface area contributed by atoms with Crippen molar-refractivity contribution in [3.63, 3.8) is 0 Å². The number of aryl methyl sites for hydroxylation is 3. The third-order valence-electron chi connectivity index (χ3n) is 6.08. The summed E-state index contributed by atoms with van der Waals surface area (Å²) in [5.41, 5.74) is 2.23. The van der Waals surface area contributed by atoms with Gasteiger partial charge in [0, 0.05) is 17.8 Å². The molecule has 2 unspecified atom stereocenters. The summed E-state index contributed by atoms with van der Waals surface area (Å²) in [5, 5.41) is 26.5. The molecule has 0 aromatic heterocycles. The Hall–Kier alpha value is -3.24. The van der Waals surface area contributed by atoms with E-state index in [0.29, 0.717) is 17.0 Å². The zero-order valence-corrected chi connectivity index (χ0v) is 24.6. The molecule has 10 heteroatoms. The van der Waals surface area contributed by atoms with Gasteiger partial charge in [0.05, 0.1) is 6.61 Å². The maximum absolute atomic E-state index is 14.0. The summed E-state index contributed by atoms with van der Waals surface area (Å²) in [5.74, 6) is -0.716. The number of para-hydroxylation sites is 2. The van der Waals surface area contributed by atoms with Crippen LogP contribution in [0.15, 0.2) is 36.4 Å². The van der Waals surface area contributed by atoms with E-state index in [2.05, 4.69) is 10.6 Å². The highest BCUT2D eigenvalue weighted by Gasteiger charge is 2.37.